The molecule has 0 aromatic heterocycles. The molecule has 0 spiro atoms. The number of hydrogen-bond donors (Lipinski definition) is 1. The van der Waals surface area contributed by atoms with E-state index >= 15 is 0 Å². The fraction of sp³-hybridized carbons (Fsp3) is 0.793. The fourth-order valence-electron chi connectivity index (χ4n) is 10.2. The summed E-state index contributed by atoms with van der Waals surface area (Å²) < 4.78 is 0. The van der Waals surface area contributed by atoms with Crippen LogP contribution in [-0.4, -0.2) is 6.04 Å². The molecule has 0 radical (unpaired) electrons. The van der Waals surface area contributed by atoms with E-state index in [4.69, 9.17) is 5.73 Å². The van der Waals surface area contributed by atoms with Gasteiger partial charge in [0.15, 0.2) is 0 Å². The summed E-state index contributed by atoms with van der Waals surface area (Å²) in [7, 11) is 0. The van der Waals surface area contributed by atoms with Crippen LogP contribution in [0.5, 0.6) is 0 Å². The first-order valence-corrected chi connectivity index (χ1v) is 12.7. The van der Waals surface area contributed by atoms with E-state index in [1.807, 2.05) is 6.08 Å². The summed E-state index contributed by atoms with van der Waals surface area (Å²) in [6.07, 6.45) is 14.6. The summed E-state index contributed by atoms with van der Waals surface area (Å²) >= 11 is 0. The van der Waals surface area contributed by atoms with Crippen LogP contribution in [0.3, 0.4) is 0 Å². The van der Waals surface area contributed by atoms with Gasteiger partial charge in [0.25, 0.3) is 0 Å². The topological polar surface area (TPSA) is 26.0 Å². The van der Waals surface area contributed by atoms with Crippen molar-refractivity contribution in [3.8, 4) is 0 Å². The van der Waals surface area contributed by atoms with Gasteiger partial charge in [-0.2, -0.15) is 0 Å². The molecule has 1 nitrogen and oxygen atoms in total. The maximum absolute atomic E-state index is 7.22. The van der Waals surface area contributed by atoms with E-state index in [9.17, 15) is 0 Å². The molecule has 4 saturated carbocycles. The molecule has 30 heavy (non-hydrogen) atoms. The van der Waals surface area contributed by atoms with Crippen LogP contribution in [0.2, 0.25) is 0 Å². The van der Waals surface area contributed by atoms with E-state index in [0.29, 0.717) is 28.2 Å². The predicted molar refractivity (Wildman–Crippen MR) is 130 cm³/mol. The van der Waals surface area contributed by atoms with Crippen molar-refractivity contribution in [2.24, 2.45) is 51.1 Å². The highest BCUT2D eigenvalue weighted by molar-refractivity contribution is 5.32. The van der Waals surface area contributed by atoms with E-state index in [-0.39, 0.29) is 5.41 Å². The third-order valence-corrected chi connectivity index (χ3v) is 10.8. The molecule has 1 heteroatoms. The first kappa shape index (κ1) is 22.4. The Morgan fingerprint density at radius 2 is 1.90 bits per heavy atom. The van der Waals surface area contributed by atoms with Crippen LogP contribution >= 0.6 is 0 Å². The predicted octanol–water partition coefficient (Wildman–Crippen LogP) is 7.69. The summed E-state index contributed by atoms with van der Waals surface area (Å²) in [5.74, 6) is 2.99. The van der Waals surface area contributed by atoms with E-state index in [1.54, 1.807) is 5.57 Å². The number of fused-ring (bicyclic) bond motifs is 5. The van der Waals surface area contributed by atoms with E-state index in [2.05, 4.69) is 60.8 Å². The van der Waals surface area contributed by atoms with Gasteiger partial charge in [0.05, 0.1) is 0 Å². The summed E-state index contributed by atoms with van der Waals surface area (Å²) in [5, 5.41) is 0. The van der Waals surface area contributed by atoms with E-state index in [1.165, 1.54) is 56.9 Å². The molecule has 8 atom stereocenters. The van der Waals surface area contributed by atoms with Crippen molar-refractivity contribution in [3.63, 3.8) is 0 Å². The van der Waals surface area contributed by atoms with Gasteiger partial charge in [-0.25, -0.2) is 0 Å². The minimum absolute atomic E-state index is 0.236. The van der Waals surface area contributed by atoms with E-state index in [0.717, 1.165) is 17.8 Å². The molecule has 0 saturated heterocycles. The zero-order valence-corrected chi connectivity index (χ0v) is 20.7. The standard InChI is InChI=1S/C29H47N/c1-9-11-20-12-13-22-23-15-21-16-26(5,6)18-29(21,19(3)4)28(23,8)17-24(30)25(22)27(20,7)14-10-2/h9,11,21-25H,1,3,10,12-18,30H2,2,4-8H3/b20-11-. The number of allylic oxidation sites excluding steroid dienone is 4. The number of nitrogens with two attached hydrogens (primary N) is 1. The van der Waals surface area contributed by atoms with Gasteiger partial charge in [-0.15, -0.1) is 0 Å². The molecule has 168 valence electrons. The minimum Gasteiger partial charge on any atom is -0.327 e. The molecule has 2 N–H and O–H groups in total. The lowest BCUT2D eigenvalue weighted by Crippen LogP contribution is -2.60. The van der Waals surface area contributed by atoms with Crippen molar-refractivity contribution >= 4 is 0 Å². The molecule has 4 fully saturated rings. The largest absolute Gasteiger partial charge is 0.327 e. The Labute approximate surface area is 186 Å². The lowest BCUT2D eigenvalue weighted by atomic mass is 9.43. The van der Waals surface area contributed by atoms with Gasteiger partial charge in [0, 0.05) is 6.04 Å². The highest BCUT2D eigenvalue weighted by Gasteiger charge is 2.71. The van der Waals surface area contributed by atoms with Crippen LogP contribution in [0.15, 0.2) is 36.5 Å². The molecule has 0 aromatic rings. The monoisotopic (exact) mass is 409 g/mol. The maximum atomic E-state index is 7.22. The highest BCUT2D eigenvalue weighted by atomic mass is 14.8. The van der Waals surface area contributed by atoms with Gasteiger partial charge >= 0.3 is 0 Å². The van der Waals surface area contributed by atoms with Gasteiger partial charge in [0.1, 0.15) is 0 Å². The second-order valence-corrected chi connectivity index (χ2v) is 12.9. The zero-order chi connectivity index (χ0) is 22.1. The minimum atomic E-state index is 0.236. The quantitative estimate of drug-likeness (QED) is 0.473. The molecule has 0 amide bonds. The van der Waals surface area contributed by atoms with Crippen molar-refractivity contribution < 1.29 is 0 Å². The van der Waals surface area contributed by atoms with Crippen LogP contribution in [0, 0.1) is 45.3 Å². The zero-order valence-electron chi connectivity index (χ0n) is 20.7. The summed E-state index contributed by atoms with van der Waals surface area (Å²) in [6, 6.07) is 0.292. The van der Waals surface area contributed by atoms with Crippen LogP contribution < -0.4 is 5.73 Å². The van der Waals surface area contributed by atoms with Crippen LogP contribution in [-0.2, 0) is 0 Å². The van der Waals surface area contributed by atoms with Crippen LogP contribution in [0.1, 0.15) is 92.9 Å². The molecule has 4 aliphatic rings. The van der Waals surface area contributed by atoms with Gasteiger partial charge < -0.3 is 5.73 Å². The number of hydrogen-bond acceptors (Lipinski definition) is 1. The Balaban J connectivity index is 1.79. The highest BCUT2D eigenvalue weighted by Crippen LogP contribution is 2.78. The fourth-order valence-corrected chi connectivity index (χ4v) is 10.2. The summed E-state index contributed by atoms with van der Waals surface area (Å²) in [5.41, 5.74) is 11.6. The smallest absolute Gasteiger partial charge is 0.00838 e. The van der Waals surface area contributed by atoms with Crippen molar-refractivity contribution in [3.05, 3.63) is 36.5 Å². The molecule has 0 bridgehead atoms. The summed E-state index contributed by atoms with van der Waals surface area (Å²) in [6.45, 7) is 23.5. The Morgan fingerprint density at radius 1 is 1.20 bits per heavy atom. The molecule has 0 heterocycles. The van der Waals surface area contributed by atoms with Crippen LogP contribution in [0.4, 0.5) is 0 Å². The Bertz CT molecular complexity index is 758. The first-order chi connectivity index (χ1) is 14.0. The third-order valence-electron chi connectivity index (χ3n) is 10.8. The van der Waals surface area contributed by atoms with Crippen molar-refractivity contribution in [2.75, 3.05) is 0 Å². The molecular weight excluding hydrogens is 362 g/mol. The van der Waals surface area contributed by atoms with Crippen molar-refractivity contribution in [2.45, 2.75) is 99.0 Å². The average Bonchev–Trinajstić information content (AvgIpc) is 3.04. The maximum Gasteiger partial charge on any atom is 0.00838 e. The van der Waals surface area contributed by atoms with Gasteiger partial charge in [-0.3, -0.25) is 0 Å². The lowest BCUT2D eigenvalue weighted by Gasteiger charge is -2.62. The third kappa shape index (κ3) is 2.76. The Hall–Kier alpha value is -0.820. The second kappa shape index (κ2) is 7.09. The molecule has 0 aliphatic heterocycles. The van der Waals surface area contributed by atoms with E-state index < -0.39 is 0 Å². The SMILES string of the molecule is C=C/C=C1/CCC2C(C(N)CC3(C)C2CC2CC(C)(C)CC23C(=C)C)C1(C)CCC. The van der Waals surface area contributed by atoms with Crippen molar-refractivity contribution in [1.29, 1.82) is 0 Å². The van der Waals surface area contributed by atoms with Gasteiger partial charge in [-0.05, 0) is 97.2 Å². The Morgan fingerprint density at radius 3 is 2.50 bits per heavy atom. The molecular formula is C29H47N. The van der Waals surface area contributed by atoms with Gasteiger partial charge in [0.2, 0.25) is 0 Å². The second-order valence-electron chi connectivity index (χ2n) is 12.9. The average molecular weight is 410 g/mol. The molecule has 4 aliphatic carbocycles. The molecule has 4 rings (SSSR count). The number of rotatable bonds is 4. The molecule has 8 unspecified atom stereocenters. The van der Waals surface area contributed by atoms with Gasteiger partial charge in [-0.1, -0.05) is 77.5 Å². The molecule has 0 aromatic carbocycles. The lowest BCUT2D eigenvalue weighted by molar-refractivity contribution is -0.0849. The van der Waals surface area contributed by atoms with Crippen LogP contribution in [0.25, 0.3) is 0 Å². The first-order valence-electron chi connectivity index (χ1n) is 12.7. The summed E-state index contributed by atoms with van der Waals surface area (Å²) in [4.78, 5) is 0. The normalized spacial score (nSPS) is 50.6. The Kier molecular flexibility index (Phi) is 5.29. The van der Waals surface area contributed by atoms with Crippen molar-refractivity contribution in [1.82, 2.24) is 0 Å².